The molecule has 0 bridgehead atoms. The van der Waals surface area contributed by atoms with Crippen LogP contribution < -0.4 is 5.56 Å². The number of fused-ring (bicyclic) bond motifs is 1. The smallest absolute Gasteiger partial charge is 0.338 e. The summed E-state index contributed by atoms with van der Waals surface area (Å²) < 4.78 is 6.18. The Morgan fingerprint density at radius 3 is 2.45 bits per heavy atom. The summed E-state index contributed by atoms with van der Waals surface area (Å²) in [4.78, 5) is 33.6. The Morgan fingerprint density at radius 2 is 1.77 bits per heavy atom. The van der Waals surface area contributed by atoms with Crippen LogP contribution in [0.4, 0.5) is 5.82 Å². The predicted molar refractivity (Wildman–Crippen MR) is 119 cm³/mol. The maximum absolute atomic E-state index is 13.2. The van der Waals surface area contributed by atoms with Crippen LogP contribution in [0.2, 0.25) is 0 Å². The lowest BCUT2D eigenvalue weighted by Gasteiger charge is -2.14. The molecule has 0 amide bonds. The van der Waals surface area contributed by atoms with E-state index in [2.05, 4.69) is 9.98 Å². The Labute approximate surface area is 177 Å². The molecule has 0 spiro atoms. The molecule has 7 heteroatoms. The summed E-state index contributed by atoms with van der Waals surface area (Å²) in [6.45, 7) is 2.00. The van der Waals surface area contributed by atoms with Gasteiger partial charge in [-0.1, -0.05) is 24.3 Å². The van der Waals surface area contributed by atoms with Gasteiger partial charge in [0.25, 0.3) is 5.56 Å². The molecular formula is C24H19N3O4. The summed E-state index contributed by atoms with van der Waals surface area (Å²) in [6, 6.07) is 18.6. The minimum absolute atomic E-state index is 0.257. The Kier molecular flexibility index (Phi) is 5.57. The van der Waals surface area contributed by atoms with Crippen LogP contribution >= 0.6 is 0 Å². The van der Waals surface area contributed by atoms with Gasteiger partial charge in [-0.2, -0.15) is 0 Å². The Hall–Kier alpha value is -4.26. The number of carbonyl (C=O) groups is 1. The van der Waals surface area contributed by atoms with Gasteiger partial charge in [0.2, 0.25) is 5.88 Å². The largest absolute Gasteiger partial charge is 0.494 e. The van der Waals surface area contributed by atoms with Crippen molar-refractivity contribution in [3.63, 3.8) is 0 Å². The molecule has 2 aromatic carbocycles. The third kappa shape index (κ3) is 3.93. The zero-order valence-corrected chi connectivity index (χ0v) is 16.7. The van der Waals surface area contributed by atoms with E-state index < -0.39 is 5.97 Å². The molecule has 154 valence electrons. The molecule has 31 heavy (non-hydrogen) atoms. The number of benzene rings is 2. The van der Waals surface area contributed by atoms with E-state index in [1.807, 2.05) is 6.07 Å². The van der Waals surface area contributed by atoms with Gasteiger partial charge in [-0.3, -0.25) is 4.79 Å². The van der Waals surface area contributed by atoms with Gasteiger partial charge in [-0.05, 0) is 49.4 Å². The van der Waals surface area contributed by atoms with E-state index in [9.17, 15) is 14.7 Å². The number of aliphatic imine (C=N–C) groups is 1. The molecule has 0 atom stereocenters. The zero-order chi connectivity index (χ0) is 21.8. The molecular weight excluding hydrogens is 394 g/mol. The van der Waals surface area contributed by atoms with Gasteiger partial charge in [0, 0.05) is 23.2 Å². The molecule has 0 unspecified atom stereocenters. The molecule has 2 aromatic heterocycles. The fourth-order valence-corrected chi connectivity index (χ4v) is 3.25. The van der Waals surface area contributed by atoms with Gasteiger partial charge in [0.1, 0.15) is 0 Å². The van der Waals surface area contributed by atoms with Crippen LogP contribution in [0.25, 0.3) is 16.5 Å². The Morgan fingerprint density at radius 1 is 1.06 bits per heavy atom. The second kappa shape index (κ2) is 8.62. The van der Waals surface area contributed by atoms with Crippen molar-refractivity contribution in [2.45, 2.75) is 6.92 Å². The number of esters is 1. The molecule has 2 heterocycles. The van der Waals surface area contributed by atoms with Gasteiger partial charge in [0.15, 0.2) is 5.82 Å². The lowest BCUT2D eigenvalue weighted by Crippen LogP contribution is -2.20. The van der Waals surface area contributed by atoms with Crippen LogP contribution in [0.1, 0.15) is 22.8 Å². The lowest BCUT2D eigenvalue weighted by molar-refractivity contribution is 0.0526. The first-order valence-electron chi connectivity index (χ1n) is 9.69. The normalized spacial score (nSPS) is 11.1. The molecule has 1 N–H and O–H groups in total. The van der Waals surface area contributed by atoms with Crippen LogP contribution in [0.15, 0.2) is 82.7 Å². The van der Waals surface area contributed by atoms with Gasteiger partial charge >= 0.3 is 5.97 Å². The van der Waals surface area contributed by atoms with Crippen LogP contribution in [-0.2, 0) is 4.74 Å². The predicted octanol–water partition coefficient (Wildman–Crippen LogP) is 4.02. The number of ether oxygens (including phenoxy) is 1. The van der Waals surface area contributed by atoms with E-state index in [0.717, 1.165) is 0 Å². The van der Waals surface area contributed by atoms with Crippen molar-refractivity contribution in [1.29, 1.82) is 0 Å². The molecule has 0 radical (unpaired) electrons. The first-order chi connectivity index (χ1) is 15.1. The molecule has 7 nitrogen and oxygen atoms in total. The zero-order valence-electron chi connectivity index (χ0n) is 16.7. The highest BCUT2D eigenvalue weighted by molar-refractivity contribution is 6.02. The van der Waals surface area contributed by atoms with E-state index in [1.54, 1.807) is 73.8 Å². The third-order valence-electron chi connectivity index (χ3n) is 4.72. The van der Waals surface area contributed by atoms with Crippen LogP contribution in [0.3, 0.4) is 0 Å². The summed E-state index contributed by atoms with van der Waals surface area (Å²) in [5, 5.41) is 12.0. The fourth-order valence-electron chi connectivity index (χ4n) is 3.25. The topological polar surface area (TPSA) is 93.8 Å². The number of rotatable bonds is 5. The number of carbonyl (C=O) groups excluding carboxylic acids is 1. The quantitative estimate of drug-likeness (QED) is 0.394. The second-order valence-corrected chi connectivity index (χ2v) is 6.64. The highest BCUT2D eigenvalue weighted by Crippen LogP contribution is 2.26. The number of nitrogens with zero attached hydrogens (tertiary/aromatic N) is 3. The average molecular weight is 413 g/mol. The van der Waals surface area contributed by atoms with Crippen LogP contribution in [0.5, 0.6) is 5.88 Å². The molecule has 0 saturated carbocycles. The van der Waals surface area contributed by atoms with Gasteiger partial charge in [-0.25, -0.2) is 19.3 Å². The van der Waals surface area contributed by atoms with Gasteiger partial charge < -0.3 is 9.84 Å². The number of hydrogen-bond acceptors (Lipinski definition) is 6. The van der Waals surface area contributed by atoms with E-state index in [-0.39, 0.29) is 18.0 Å². The molecule has 0 aliphatic heterocycles. The molecule has 0 saturated heterocycles. The van der Waals surface area contributed by atoms with Crippen molar-refractivity contribution >= 4 is 28.8 Å². The van der Waals surface area contributed by atoms with Gasteiger partial charge in [0.05, 0.1) is 23.4 Å². The molecule has 4 rings (SSSR count). The van der Waals surface area contributed by atoms with Crippen molar-refractivity contribution < 1.29 is 14.6 Å². The summed E-state index contributed by atoms with van der Waals surface area (Å²) in [7, 11) is 0. The van der Waals surface area contributed by atoms with Crippen LogP contribution in [0, 0.1) is 0 Å². The Bertz CT molecular complexity index is 1330. The van der Waals surface area contributed by atoms with E-state index in [1.165, 1.54) is 10.8 Å². The van der Waals surface area contributed by atoms with Crippen molar-refractivity contribution in [3.8, 4) is 11.6 Å². The number of aromatic nitrogens is 2. The van der Waals surface area contributed by atoms with Crippen molar-refractivity contribution in [1.82, 2.24) is 9.55 Å². The van der Waals surface area contributed by atoms with Gasteiger partial charge in [-0.15, -0.1) is 0 Å². The maximum Gasteiger partial charge on any atom is 0.338 e. The first-order valence-corrected chi connectivity index (χ1v) is 9.69. The number of pyridine rings is 2. The summed E-state index contributed by atoms with van der Waals surface area (Å²) >= 11 is 0. The van der Waals surface area contributed by atoms with Crippen molar-refractivity contribution in [2.24, 2.45) is 4.99 Å². The minimum atomic E-state index is -0.452. The van der Waals surface area contributed by atoms with Crippen molar-refractivity contribution in [2.75, 3.05) is 6.61 Å². The molecule has 0 aliphatic carbocycles. The molecule has 0 fully saturated rings. The summed E-state index contributed by atoms with van der Waals surface area (Å²) in [5.41, 5.74) is 0.770. The summed E-state index contributed by atoms with van der Waals surface area (Å²) in [5.74, 6) is -0.234. The second-order valence-electron chi connectivity index (χ2n) is 6.64. The monoisotopic (exact) mass is 413 g/mol. The minimum Gasteiger partial charge on any atom is -0.494 e. The number of hydrogen-bond donors (Lipinski definition) is 1. The fraction of sp³-hybridized carbons (Fsp3) is 0.0833. The van der Waals surface area contributed by atoms with E-state index >= 15 is 0 Å². The average Bonchev–Trinajstić information content (AvgIpc) is 2.80. The van der Waals surface area contributed by atoms with Crippen molar-refractivity contribution in [3.05, 3.63) is 94.4 Å². The van der Waals surface area contributed by atoms with E-state index in [0.29, 0.717) is 33.4 Å². The number of aromatic hydroxyl groups is 1. The maximum atomic E-state index is 13.2. The highest BCUT2D eigenvalue weighted by Gasteiger charge is 2.17. The molecule has 0 aliphatic rings. The SMILES string of the molecule is CCOC(=O)c1ccc(-n2c(O)c(C=Nc3ccccn3)c3ccccc3c2=O)cc1. The lowest BCUT2D eigenvalue weighted by atomic mass is 10.1. The highest BCUT2D eigenvalue weighted by atomic mass is 16.5. The van der Waals surface area contributed by atoms with E-state index in [4.69, 9.17) is 4.74 Å². The summed E-state index contributed by atoms with van der Waals surface area (Å²) in [6.07, 6.45) is 3.11. The standard InChI is InChI=1S/C24H19N3O4/c1-2-31-24(30)16-10-12-17(13-11-16)27-22(28)19-8-4-3-7-18(19)20(23(27)29)15-26-21-9-5-6-14-25-21/h3-15,29H,2H2,1H3. The Balaban J connectivity index is 1.87. The molecule has 4 aromatic rings. The first kappa shape index (κ1) is 20.0. The third-order valence-corrected chi connectivity index (χ3v) is 4.72. The van der Waals surface area contributed by atoms with Crippen LogP contribution in [-0.4, -0.2) is 33.4 Å².